The molecule has 2 aromatic rings. The van der Waals surface area contributed by atoms with Crippen LogP contribution in [0.15, 0.2) is 48.5 Å². The van der Waals surface area contributed by atoms with Gasteiger partial charge in [0.1, 0.15) is 0 Å². The molecule has 1 N–H and O–H groups in total. The summed E-state index contributed by atoms with van der Waals surface area (Å²) in [6, 6.07) is 16.2. The SMILES string of the molecule is CC(=O)N(CCC(=O)NCCc1ccccc1)c1c(C)cccc1C(C)C. The Labute approximate surface area is 162 Å². The lowest BCUT2D eigenvalue weighted by Crippen LogP contribution is -2.35. The Morgan fingerprint density at radius 1 is 1.04 bits per heavy atom. The van der Waals surface area contributed by atoms with E-state index in [1.807, 2.05) is 37.3 Å². The molecular weight excluding hydrogens is 336 g/mol. The molecule has 0 aromatic heterocycles. The lowest BCUT2D eigenvalue weighted by atomic mass is 9.97. The fourth-order valence-corrected chi connectivity index (χ4v) is 3.24. The van der Waals surface area contributed by atoms with Crippen LogP contribution in [-0.2, 0) is 16.0 Å². The van der Waals surface area contributed by atoms with Crippen molar-refractivity contribution in [1.82, 2.24) is 5.32 Å². The van der Waals surface area contributed by atoms with Crippen LogP contribution in [0.3, 0.4) is 0 Å². The lowest BCUT2D eigenvalue weighted by Gasteiger charge is -2.27. The number of nitrogens with one attached hydrogen (secondary N) is 1. The minimum absolute atomic E-state index is 0.0307. The maximum absolute atomic E-state index is 12.3. The van der Waals surface area contributed by atoms with Crippen LogP contribution in [-0.4, -0.2) is 24.9 Å². The Morgan fingerprint density at radius 3 is 2.37 bits per heavy atom. The normalized spacial score (nSPS) is 10.7. The van der Waals surface area contributed by atoms with E-state index in [2.05, 4.69) is 37.4 Å². The number of amides is 2. The van der Waals surface area contributed by atoms with Gasteiger partial charge >= 0.3 is 0 Å². The summed E-state index contributed by atoms with van der Waals surface area (Å²) in [7, 11) is 0. The summed E-state index contributed by atoms with van der Waals surface area (Å²) < 4.78 is 0. The number of carbonyl (C=O) groups is 2. The molecular formula is C23H30N2O2. The van der Waals surface area contributed by atoms with E-state index in [0.717, 1.165) is 23.2 Å². The Kier molecular flexibility index (Phi) is 7.59. The van der Waals surface area contributed by atoms with Gasteiger partial charge in [0, 0.05) is 32.1 Å². The molecule has 27 heavy (non-hydrogen) atoms. The Bertz CT molecular complexity index is 769. The summed E-state index contributed by atoms with van der Waals surface area (Å²) in [4.78, 5) is 26.3. The summed E-state index contributed by atoms with van der Waals surface area (Å²) in [6.45, 7) is 8.79. The predicted octanol–water partition coefficient (Wildman–Crippen LogP) is 4.22. The molecule has 0 radical (unpaired) electrons. The van der Waals surface area contributed by atoms with Crippen molar-refractivity contribution >= 4 is 17.5 Å². The van der Waals surface area contributed by atoms with Gasteiger partial charge in [-0.25, -0.2) is 0 Å². The highest BCUT2D eigenvalue weighted by Crippen LogP contribution is 2.31. The highest BCUT2D eigenvalue weighted by molar-refractivity contribution is 5.94. The Balaban J connectivity index is 1.97. The van der Waals surface area contributed by atoms with E-state index in [0.29, 0.717) is 25.4 Å². The van der Waals surface area contributed by atoms with E-state index in [4.69, 9.17) is 0 Å². The molecule has 0 spiro atoms. The molecule has 0 aliphatic carbocycles. The molecule has 2 rings (SSSR count). The highest BCUT2D eigenvalue weighted by atomic mass is 16.2. The third kappa shape index (κ3) is 5.95. The molecule has 0 aliphatic rings. The van der Waals surface area contributed by atoms with Crippen molar-refractivity contribution in [3.05, 3.63) is 65.2 Å². The molecule has 0 saturated carbocycles. The second kappa shape index (κ2) is 9.91. The van der Waals surface area contributed by atoms with Gasteiger partial charge in [0.2, 0.25) is 11.8 Å². The standard InChI is InChI=1S/C23H30N2O2/c1-17(2)21-12-8-9-18(3)23(21)25(19(4)26)16-14-22(27)24-15-13-20-10-6-5-7-11-20/h5-12,17H,13-16H2,1-4H3,(H,24,27). The Hall–Kier alpha value is -2.62. The van der Waals surface area contributed by atoms with Crippen molar-refractivity contribution in [2.45, 2.75) is 46.5 Å². The second-order valence-electron chi connectivity index (χ2n) is 7.17. The van der Waals surface area contributed by atoms with Crippen molar-refractivity contribution < 1.29 is 9.59 Å². The van der Waals surface area contributed by atoms with Crippen LogP contribution in [0.4, 0.5) is 5.69 Å². The maximum Gasteiger partial charge on any atom is 0.223 e. The number of para-hydroxylation sites is 1. The van der Waals surface area contributed by atoms with Gasteiger partial charge in [0.05, 0.1) is 0 Å². The average Bonchev–Trinajstić information content (AvgIpc) is 2.63. The zero-order valence-electron chi connectivity index (χ0n) is 16.8. The fourth-order valence-electron chi connectivity index (χ4n) is 3.24. The largest absolute Gasteiger partial charge is 0.356 e. The number of carbonyl (C=O) groups excluding carboxylic acids is 2. The molecule has 0 bridgehead atoms. The molecule has 0 unspecified atom stereocenters. The quantitative estimate of drug-likeness (QED) is 0.760. The van der Waals surface area contributed by atoms with Crippen LogP contribution in [0, 0.1) is 6.92 Å². The van der Waals surface area contributed by atoms with E-state index in [1.165, 1.54) is 5.56 Å². The topological polar surface area (TPSA) is 49.4 Å². The molecule has 0 heterocycles. The van der Waals surface area contributed by atoms with Crippen LogP contribution in [0.5, 0.6) is 0 Å². The van der Waals surface area contributed by atoms with Gasteiger partial charge in [0.25, 0.3) is 0 Å². The summed E-state index contributed by atoms with van der Waals surface area (Å²) >= 11 is 0. The predicted molar refractivity (Wildman–Crippen MR) is 111 cm³/mol. The number of nitrogens with zero attached hydrogens (tertiary/aromatic N) is 1. The van der Waals surface area contributed by atoms with E-state index in [-0.39, 0.29) is 11.8 Å². The van der Waals surface area contributed by atoms with Crippen LogP contribution in [0.1, 0.15) is 49.8 Å². The fraction of sp³-hybridized carbons (Fsp3) is 0.391. The van der Waals surface area contributed by atoms with Gasteiger partial charge in [0.15, 0.2) is 0 Å². The molecule has 2 amide bonds. The first-order valence-corrected chi connectivity index (χ1v) is 9.58. The van der Waals surface area contributed by atoms with Crippen molar-refractivity contribution in [1.29, 1.82) is 0 Å². The molecule has 4 heteroatoms. The van der Waals surface area contributed by atoms with Gasteiger partial charge in [-0.05, 0) is 36.0 Å². The van der Waals surface area contributed by atoms with Crippen LogP contribution >= 0.6 is 0 Å². The van der Waals surface area contributed by atoms with E-state index in [1.54, 1.807) is 11.8 Å². The molecule has 0 atom stereocenters. The summed E-state index contributed by atoms with van der Waals surface area (Å²) in [5.74, 6) is 0.238. The highest BCUT2D eigenvalue weighted by Gasteiger charge is 2.20. The van der Waals surface area contributed by atoms with Crippen molar-refractivity contribution in [2.75, 3.05) is 18.0 Å². The van der Waals surface area contributed by atoms with Gasteiger partial charge in [-0.1, -0.05) is 62.4 Å². The summed E-state index contributed by atoms with van der Waals surface area (Å²) in [6.07, 6.45) is 1.10. The van der Waals surface area contributed by atoms with Crippen molar-refractivity contribution in [3.63, 3.8) is 0 Å². The van der Waals surface area contributed by atoms with Crippen LogP contribution in [0.2, 0.25) is 0 Å². The minimum Gasteiger partial charge on any atom is -0.356 e. The first-order chi connectivity index (χ1) is 12.9. The van der Waals surface area contributed by atoms with Gasteiger partial charge in [-0.3, -0.25) is 9.59 Å². The number of benzene rings is 2. The molecule has 0 saturated heterocycles. The van der Waals surface area contributed by atoms with Crippen molar-refractivity contribution in [2.24, 2.45) is 0 Å². The number of anilines is 1. The molecule has 144 valence electrons. The Morgan fingerprint density at radius 2 is 1.74 bits per heavy atom. The van der Waals surface area contributed by atoms with Gasteiger partial charge in [-0.15, -0.1) is 0 Å². The summed E-state index contributed by atoms with van der Waals surface area (Å²) in [5, 5.41) is 2.95. The third-order valence-corrected chi connectivity index (χ3v) is 4.68. The first kappa shape index (κ1) is 20.7. The van der Waals surface area contributed by atoms with Crippen LogP contribution < -0.4 is 10.2 Å². The maximum atomic E-state index is 12.3. The van der Waals surface area contributed by atoms with Gasteiger partial charge < -0.3 is 10.2 Å². The number of hydrogen-bond acceptors (Lipinski definition) is 2. The zero-order valence-corrected chi connectivity index (χ0v) is 16.8. The van der Waals surface area contributed by atoms with Crippen LogP contribution in [0.25, 0.3) is 0 Å². The van der Waals surface area contributed by atoms with Gasteiger partial charge in [-0.2, -0.15) is 0 Å². The van der Waals surface area contributed by atoms with E-state index in [9.17, 15) is 9.59 Å². The first-order valence-electron chi connectivity index (χ1n) is 9.58. The lowest BCUT2D eigenvalue weighted by molar-refractivity contribution is -0.121. The number of aryl methyl sites for hydroxylation is 1. The van der Waals surface area contributed by atoms with E-state index < -0.39 is 0 Å². The third-order valence-electron chi connectivity index (χ3n) is 4.68. The molecule has 4 nitrogen and oxygen atoms in total. The number of hydrogen-bond donors (Lipinski definition) is 1. The minimum atomic E-state index is -0.0386. The zero-order chi connectivity index (χ0) is 19.8. The second-order valence-corrected chi connectivity index (χ2v) is 7.17. The molecule has 2 aromatic carbocycles. The van der Waals surface area contributed by atoms with Crippen molar-refractivity contribution in [3.8, 4) is 0 Å². The smallest absolute Gasteiger partial charge is 0.223 e. The van der Waals surface area contributed by atoms with E-state index >= 15 is 0 Å². The molecule has 0 aliphatic heterocycles. The average molecular weight is 367 g/mol. The number of rotatable bonds is 8. The summed E-state index contributed by atoms with van der Waals surface area (Å²) in [5.41, 5.74) is 4.33. The monoisotopic (exact) mass is 366 g/mol. The molecule has 0 fully saturated rings.